The molecule has 0 saturated heterocycles. The normalized spacial score (nSPS) is 10.9. The number of rotatable bonds is 3. The standard InChI is InChI=1S/C15H10ClF2NO2S/c16-13-10-12(7-8-15(13)18)22(20,21)19-9-3-5-11-4-1-2-6-14(11)17/h1-2,4,6-8,10,19H,9H2. The minimum absolute atomic E-state index is 0.173. The summed E-state index contributed by atoms with van der Waals surface area (Å²) in [5, 5.41) is -0.291. The number of sulfonamides is 1. The molecule has 0 amide bonds. The van der Waals surface area contributed by atoms with E-state index >= 15 is 0 Å². The molecule has 2 rings (SSSR count). The Bertz CT molecular complexity index is 857. The smallest absolute Gasteiger partial charge is 0.207 e. The van der Waals surface area contributed by atoms with E-state index < -0.39 is 21.7 Å². The molecule has 0 radical (unpaired) electrons. The van der Waals surface area contributed by atoms with Crippen LogP contribution in [0.5, 0.6) is 0 Å². The van der Waals surface area contributed by atoms with Crippen molar-refractivity contribution in [1.82, 2.24) is 4.72 Å². The van der Waals surface area contributed by atoms with E-state index in [4.69, 9.17) is 11.6 Å². The van der Waals surface area contributed by atoms with Crippen molar-refractivity contribution in [2.45, 2.75) is 4.90 Å². The van der Waals surface area contributed by atoms with Gasteiger partial charge in [-0.25, -0.2) is 17.2 Å². The van der Waals surface area contributed by atoms with Crippen LogP contribution in [-0.4, -0.2) is 15.0 Å². The van der Waals surface area contributed by atoms with Crippen LogP contribution in [0.4, 0.5) is 8.78 Å². The second kappa shape index (κ2) is 6.88. The minimum atomic E-state index is -3.86. The van der Waals surface area contributed by atoms with Crippen molar-refractivity contribution in [2.75, 3.05) is 6.54 Å². The first-order valence-corrected chi connectivity index (χ1v) is 7.94. The van der Waals surface area contributed by atoms with Gasteiger partial charge < -0.3 is 0 Å². The summed E-state index contributed by atoms with van der Waals surface area (Å²) < 4.78 is 52.4. The van der Waals surface area contributed by atoms with Gasteiger partial charge in [0.1, 0.15) is 11.6 Å². The Hall–Kier alpha value is -1.94. The highest BCUT2D eigenvalue weighted by molar-refractivity contribution is 7.89. The average molecular weight is 342 g/mol. The highest BCUT2D eigenvalue weighted by Crippen LogP contribution is 2.19. The van der Waals surface area contributed by atoms with Gasteiger partial charge in [-0.1, -0.05) is 35.6 Å². The Kier molecular flexibility index (Phi) is 5.14. The number of halogens is 3. The van der Waals surface area contributed by atoms with E-state index in [9.17, 15) is 17.2 Å². The number of nitrogens with one attached hydrogen (secondary N) is 1. The summed E-state index contributed by atoms with van der Waals surface area (Å²) in [6.07, 6.45) is 0. The lowest BCUT2D eigenvalue weighted by atomic mass is 10.2. The quantitative estimate of drug-likeness (QED) is 0.872. The van der Waals surface area contributed by atoms with Gasteiger partial charge in [0.05, 0.1) is 22.0 Å². The lowest BCUT2D eigenvalue weighted by Gasteiger charge is -2.04. The summed E-state index contributed by atoms with van der Waals surface area (Å²) in [4.78, 5) is -0.174. The van der Waals surface area contributed by atoms with Gasteiger partial charge in [-0.15, -0.1) is 0 Å². The summed E-state index contributed by atoms with van der Waals surface area (Å²) in [5.41, 5.74) is 0.173. The largest absolute Gasteiger partial charge is 0.241 e. The van der Waals surface area contributed by atoms with Gasteiger partial charge in [0.2, 0.25) is 10.0 Å². The van der Waals surface area contributed by atoms with Gasteiger partial charge >= 0.3 is 0 Å². The molecule has 0 heterocycles. The maximum atomic E-state index is 13.3. The summed E-state index contributed by atoms with van der Waals surface area (Å²) >= 11 is 5.54. The third-order valence-electron chi connectivity index (χ3n) is 2.65. The molecule has 3 nitrogen and oxygen atoms in total. The molecule has 0 aliphatic carbocycles. The molecular weight excluding hydrogens is 332 g/mol. The van der Waals surface area contributed by atoms with Crippen LogP contribution in [-0.2, 0) is 10.0 Å². The van der Waals surface area contributed by atoms with E-state index in [0.29, 0.717) is 0 Å². The monoisotopic (exact) mass is 341 g/mol. The van der Waals surface area contributed by atoms with Gasteiger partial charge in [0.15, 0.2) is 0 Å². The summed E-state index contributed by atoms with van der Waals surface area (Å²) in [6.45, 7) is -0.217. The maximum Gasteiger partial charge on any atom is 0.241 e. The highest BCUT2D eigenvalue weighted by Gasteiger charge is 2.14. The third-order valence-corrected chi connectivity index (χ3v) is 4.34. The molecule has 7 heteroatoms. The first-order chi connectivity index (χ1) is 10.4. The Morgan fingerprint density at radius 3 is 2.50 bits per heavy atom. The molecule has 22 heavy (non-hydrogen) atoms. The second-order valence-corrected chi connectivity index (χ2v) is 6.36. The van der Waals surface area contributed by atoms with Crippen LogP contribution in [0, 0.1) is 23.5 Å². The zero-order valence-electron chi connectivity index (χ0n) is 11.1. The van der Waals surface area contributed by atoms with E-state index in [0.717, 1.165) is 18.2 Å². The van der Waals surface area contributed by atoms with Crippen LogP contribution in [0.2, 0.25) is 5.02 Å². The first-order valence-electron chi connectivity index (χ1n) is 6.08. The molecule has 0 bridgehead atoms. The summed E-state index contributed by atoms with van der Waals surface area (Å²) in [7, 11) is -3.86. The molecule has 0 aliphatic heterocycles. The molecule has 0 spiro atoms. The van der Waals surface area contributed by atoms with Gasteiger partial charge in [-0.05, 0) is 30.3 Å². The molecule has 0 saturated carbocycles. The van der Waals surface area contributed by atoms with Crippen LogP contribution in [0.3, 0.4) is 0 Å². The Labute approximate surface area is 132 Å². The minimum Gasteiger partial charge on any atom is -0.207 e. The van der Waals surface area contributed by atoms with Crippen LogP contribution in [0.25, 0.3) is 0 Å². The van der Waals surface area contributed by atoms with Crippen LogP contribution < -0.4 is 4.72 Å². The van der Waals surface area contributed by atoms with E-state index in [1.165, 1.54) is 18.2 Å². The summed E-state index contributed by atoms with van der Waals surface area (Å²) in [6, 6.07) is 8.95. The zero-order valence-corrected chi connectivity index (χ0v) is 12.7. The van der Waals surface area contributed by atoms with Crippen molar-refractivity contribution in [3.05, 3.63) is 64.7 Å². The van der Waals surface area contributed by atoms with Crippen molar-refractivity contribution < 1.29 is 17.2 Å². The van der Waals surface area contributed by atoms with Crippen molar-refractivity contribution in [2.24, 2.45) is 0 Å². The summed E-state index contributed by atoms with van der Waals surface area (Å²) in [5.74, 6) is 3.83. The number of hydrogen-bond acceptors (Lipinski definition) is 2. The Morgan fingerprint density at radius 2 is 1.82 bits per heavy atom. The molecular formula is C15H10ClF2NO2S. The van der Waals surface area contributed by atoms with Crippen LogP contribution >= 0.6 is 11.6 Å². The first kappa shape index (κ1) is 16.4. The topological polar surface area (TPSA) is 46.2 Å². The van der Waals surface area contributed by atoms with Gasteiger partial charge in [-0.2, -0.15) is 4.72 Å². The van der Waals surface area contributed by atoms with E-state index in [2.05, 4.69) is 16.6 Å². The predicted octanol–water partition coefficient (Wildman–Crippen LogP) is 2.95. The molecule has 0 unspecified atom stereocenters. The zero-order chi connectivity index (χ0) is 16.2. The van der Waals surface area contributed by atoms with E-state index in [1.54, 1.807) is 6.07 Å². The molecule has 0 fully saturated rings. The lowest BCUT2D eigenvalue weighted by Crippen LogP contribution is -2.24. The SMILES string of the molecule is O=S(=O)(NCC#Cc1ccccc1F)c1ccc(F)c(Cl)c1. The Balaban J connectivity index is 2.08. The molecule has 0 aliphatic rings. The third kappa shape index (κ3) is 4.04. The molecule has 0 aromatic heterocycles. The second-order valence-electron chi connectivity index (χ2n) is 4.18. The lowest BCUT2D eigenvalue weighted by molar-refractivity contribution is 0.585. The molecule has 114 valence electrons. The van der Waals surface area contributed by atoms with Gasteiger partial charge in [0.25, 0.3) is 0 Å². The fraction of sp³-hybridized carbons (Fsp3) is 0.0667. The van der Waals surface area contributed by atoms with Crippen molar-refractivity contribution in [3.8, 4) is 11.8 Å². The van der Waals surface area contributed by atoms with Crippen molar-refractivity contribution in [3.63, 3.8) is 0 Å². The van der Waals surface area contributed by atoms with Crippen molar-refractivity contribution >= 4 is 21.6 Å². The molecule has 0 atom stereocenters. The predicted molar refractivity (Wildman–Crippen MR) is 79.9 cm³/mol. The number of hydrogen-bond donors (Lipinski definition) is 1. The molecule has 2 aromatic rings. The molecule has 1 N–H and O–H groups in total. The van der Waals surface area contributed by atoms with Crippen molar-refractivity contribution in [1.29, 1.82) is 0 Å². The fourth-order valence-corrected chi connectivity index (χ4v) is 2.75. The highest BCUT2D eigenvalue weighted by atomic mass is 35.5. The van der Waals surface area contributed by atoms with Crippen LogP contribution in [0.15, 0.2) is 47.4 Å². The van der Waals surface area contributed by atoms with E-state index in [1.807, 2.05) is 0 Å². The van der Waals surface area contributed by atoms with E-state index in [-0.39, 0.29) is 22.0 Å². The average Bonchev–Trinajstić information content (AvgIpc) is 2.48. The van der Waals surface area contributed by atoms with Crippen LogP contribution in [0.1, 0.15) is 5.56 Å². The molecule has 2 aromatic carbocycles. The van der Waals surface area contributed by atoms with Gasteiger partial charge in [0, 0.05) is 0 Å². The fourth-order valence-electron chi connectivity index (χ4n) is 1.56. The van der Waals surface area contributed by atoms with Gasteiger partial charge in [-0.3, -0.25) is 0 Å². The Morgan fingerprint density at radius 1 is 1.09 bits per heavy atom. The maximum absolute atomic E-state index is 13.3. The number of benzene rings is 2.